The molecule has 0 aromatic heterocycles. The minimum absolute atomic E-state index is 1.23. The SMILES string of the molecule is CC=C(c1ccccc1)c1cccc2c1CCCC2. The van der Waals surface area contributed by atoms with Crippen molar-refractivity contribution in [2.75, 3.05) is 0 Å². The Balaban J connectivity index is 2.11. The first-order valence-corrected chi connectivity index (χ1v) is 7.23. The van der Waals surface area contributed by atoms with E-state index in [-0.39, 0.29) is 0 Å². The first-order valence-electron chi connectivity index (χ1n) is 7.23. The van der Waals surface area contributed by atoms with Crippen LogP contribution in [0.4, 0.5) is 0 Å². The first-order chi connectivity index (χ1) is 9.40. The van der Waals surface area contributed by atoms with E-state index in [0.29, 0.717) is 0 Å². The van der Waals surface area contributed by atoms with Crippen molar-refractivity contribution in [2.24, 2.45) is 0 Å². The predicted molar refractivity (Wildman–Crippen MR) is 82.3 cm³/mol. The van der Waals surface area contributed by atoms with Gasteiger partial charge in [0.1, 0.15) is 0 Å². The highest BCUT2D eigenvalue weighted by atomic mass is 14.2. The van der Waals surface area contributed by atoms with Crippen molar-refractivity contribution in [2.45, 2.75) is 32.6 Å². The van der Waals surface area contributed by atoms with Gasteiger partial charge in [0, 0.05) is 0 Å². The van der Waals surface area contributed by atoms with E-state index in [1.165, 1.54) is 42.4 Å². The summed E-state index contributed by atoms with van der Waals surface area (Å²) in [6.07, 6.45) is 7.40. The molecule has 0 amide bonds. The fourth-order valence-electron chi connectivity index (χ4n) is 3.13. The van der Waals surface area contributed by atoms with Gasteiger partial charge in [-0.3, -0.25) is 0 Å². The van der Waals surface area contributed by atoms with Crippen LogP contribution in [-0.2, 0) is 12.8 Å². The number of aryl methyl sites for hydroxylation is 1. The fraction of sp³-hybridized carbons (Fsp3) is 0.263. The quantitative estimate of drug-likeness (QED) is 0.700. The number of fused-ring (bicyclic) bond motifs is 1. The Labute approximate surface area is 115 Å². The fourth-order valence-corrected chi connectivity index (χ4v) is 3.13. The maximum Gasteiger partial charge on any atom is -0.0146 e. The Morgan fingerprint density at radius 1 is 0.895 bits per heavy atom. The lowest BCUT2D eigenvalue weighted by Crippen LogP contribution is -2.06. The molecular weight excluding hydrogens is 228 g/mol. The van der Waals surface area contributed by atoms with Gasteiger partial charge in [-0.05, 0) is 60.4 Å². The van der Waals surface area contributed by atoms with Crippen molar-refractivity contribution in [1.82, 2.24) is 0 Å². The number of benzene rings is 2. The lowest BCUT2D eigenvalue weighted by molar-refractivity contribution is 0.684. The van der Waals surface area contributed by atoms with E-state index in [1.54, 1.807) is 11.1 Å². The van der Waals surface area contributed by atoms with Gasteiger partial charge in [0.15, 0.2) is 0 Å². The van der Waals surface area contributed by atoms with E-state index >= 15 is 0 Å². The average molecular weight is 248 g/mol. The van der Waals surface area contributed by atoms with Crippen LogP contribution in [0.2, 0.25) is 0 Å². The van der Waals surface area contributed by atoms with Gasteiger partial charge < -0.3 is 0 Å². The van der Waals surface area contributed by atoms with Crippen molar-refractivity contribution < 1.29 is 0 Å². The molecule has 3 rings (SSSR count). The standard InChI is InChI=1S/C19H20/c1-2-17(15-9-4-3-5-10-15)19-14-8-12-16-11-6-7-13-18(16)19/h2-5,8-10,12,14H,6-7,11,13H2,1H3. The zero-order valence-corrected chi connectivity index (χ0v) is 11.5. The summed E-state index contributed by atoms with van der Waals surface area (Å²) in [5.74, 6) is 0. The topological polar surface area (TPSA) is 0 Å². The van der Waals surface area contributed by atoms with Gasteiger partial charge in [0.2, 0.25) is 0 Å². The van der Waals surface area contributed by atoms with Crippen LogP contribution in [0.25, 0.3) is 5.57 Å². The van der Waals surface area contributed by atoms with E-state index in [1.807, 2.05) is 0 Å². The van der Waals surface area contributed by atoms with E-state index < -0.39 is 0 Å². The van der Waals surface area contributed by atoms with Gasteiger partial charge in [-0.25, -0.2) is 0 Å². The molecule has 2 aromatic rings. The second-order valence-corrected chi connectivity index (χ2v) is 5.22. The molecule has 0 fully saturated rings. The Hall–Kier alpha value is -1.82. The number of rotatable bonds is 2. The third-order valence-electron chi connectivity index (χ3n) is 4.06. The van der Waals surface area contributed by atoms with Gasteiger partial charge in [-0.1, -0.05) is 54.6 Å². The van der Waals surface area contributed by atoms with Crippen molar-refractivity contribution in [3.63, 3.8) is 0 Å². The maximum absolute atomic E-state index is 2.30. The molecule has 1 aliphatic carbocycles. The lowest BCUT2D eigenvalue weighted by atomic mass is 9.84. The largest absolute Gasteiger partial charge is 0.0792 e. The molecule has 0 radical (unpaired) electrons. The van der Waals surface area contributed by atoms with Gasteiger partial charge >= 0.3 is 0 Å². The molecule has 0 saturated carbocycles. The molecule has 0 heteroatoms. The third-order valence-corrected chi connectivity index (χ3v) is 4.06. The summed E-state index contributed by atoms with van der Waals surface area (Å²) in [5, 5.41) is 0. The summed E-state index contributed by atoms with van der Waals surface area (Å²) < 4.78 is 0. The molecule has 96 valence electrons. The van der Waals surface area contributed by atoms with E-state index in [4.69, 9.17) is 0 Å². The average Bonchev–Trinajstić information content (AvgIpc) is 2.49. The number of hydrogen-bond acceptors (Lipinski definition) is 0. The van der Waals surface area contributed by atoms with Gasteiger partial charge in [0.25, 0.3) is 0 Å². The van der Waals surface area contributed by atoms with Crippen molar-refractivity contribution in [1.29, 1.82) is 0 Å². The Kier molecular flexibility index (Phi) is 3.50. The summed E-state index contributed by atoms with van der Waals surface area (Å²) >= 11 is 0. The van der Waals surface area contributed by atoms with Crippen LogP contribution in [0.1, 0.15) is 42.0 Å². The molecule has 0 saturated heterocycles. The molecule has 0 aliphatic heterocycles. The predicted octanol–water partition coefficient (Wildman–Crippen LogP) is 5.02. The minimum Gasteiger partial charge on any atom is -0.0792 e. The summed E-state index contributed by atoms with van der Waals surface area (Å²) in [6, 6.07) is 17.5. The number of allylic oxidation sites excluding steroid dienone is 1. The van der Waals surface area contributed by atoms with Crippen molar-refractivity contribution >= 4 is 5.57 Å². The van der Waals surface area contributed by atoms with E-state index in [2.05, 4.69) is 61.5 Å². The zero-order valence-electron chi connectivity index (χ0n) is 11.5. The number of hydrogen-bond donors (Lipinski definition) is 0. The molecule has 0 N–H and O–H groups in total. The third kappa shape index (κ3) is 2.35. The van der Waals surface area contributed by atoms with Crippen LogP contribution >= 0.6 is 0 Å². The molecule has 0 atom stereocenters. The van der Waals surface area contributed by atoms with Crippen LogP contribution in [0.15, 0.2) is 54.6 Å². The molecular formula is C19H20. The Morgan fingerprint density at radius 3 is 2.47 bits per heavy atom. The summed E-state index contributed by atoms with van der Waals surface area (Å²) in [5.41, 5.74) is 7.26. The van der Waals surface area contributed by atoms with E-state index in [9.17, 15) is 0 Å². The van der Waals surface area contributed by atoms with Crippen LogP contribution in [0.3, 0.4) is 0 Å². The van der Waals surface area contributed by atoms with Crippen LogP contribution in [-0.4, -0.2) is 0 Å². The molecule has 0 heterocycles. The van der Waals surface area contributed by atoms with Crippen LogP contribution < -0.4 is 0 Å². The highest BCUT2D eigenvalue weighted by Crippen LogP contribution is 2.32. The maximum atomic E-state index is 2.30. The van der Waals surface area contributed by atoms with Crippen molar-refractivity contribution in [3.8, 4) is 0 Å². The summed E-state index contributed by atoms with van der Waals surface area (Å²) in [4.78, 5) is 0. The lowest BCUT2D eigenvalue weighted by Gasteiger charge is -2.21. The highest BCUT2D eigenvalue weighted by molar-refractivity contribution is 5.81. The smallest absolute Gasteiger partial charge is 0.0146 e. The first kappa shape index (κ1) is 12.2. The molecule has 0 unspecified atom stereocenters. The zero-order chi connectivity index (χ0) is 13.1. The summed E-state index contributed by atoms with van der Waals surface area (Å²) in [7, 11) is 0. The second kappa shape index (κ2) is 5.44. The second-order valence-electron chi connectivity index (χ2n) is 5.22. The molecule has 0 spiro atoms. The normalized spacial score (nSPS) is 15.1. The molecule has 19 heavy (non-hydrogen) atoms. The molecule has 1 aliphatic rings. The van der Waals surface area contributed by atoms with Gasteiger partial charge in [0.05, 0.1) is 0 Å². The Bertz CT molecular complexity index is 591. The molecule has 0 nitrogen and oxygen atoms in total. The molecule has 2 aromatic carbocycles. The highest BCUT2D eigenvalue weighted by Gasteiger charge is 2.15. The minimum atomic E-state index is 1.23. The van der Waals surface area contributed by atoms with Gasteiger partial charge in [-0.2, -0.15) is 0 Å². The van der Waals surface area contributed by atoms with Crippen LogP contribution in [0.5, 0.6) is 0 Å². The monoisotopic (exact) mass is 248 g/mol. The summed E-state index contributed by atoms with van der Waals surface area (Å²) in [6.45, 7) is 2.14. The van der Waals surface area contributed by atoms with Crippen LogP contribution in [0, 0.1) is 0 Å². The Morgan fingerprint density at radius 2 is 1.68 bits per heavy atom. The van der Waals surface area contributed by atoms with Crippen molar-refractivity contribution in [3.05, 3.63) is 76.9 Å². The van der Waals surface area contributed by atoms with Gasteiger partial charge in [-0.15, -0.1) is 0 Å². The molecule has 0 bridgehead atoms. The van der Waals surface area contributed by atoms with E-state index in [0.717, 1.165) is 0 Å².